The molecule has 3 rings (SSSR count). The Labute approximate surface area is 134 Å². The van der Waals surface area contributed by atoms with Gasteiger partial charge in [-0.3, -0.25) is 4.84 Å². The Hall–Kier alpha value is -0.170. The number of nitrogens with two attached hydrogens (primary N) is 1. The summed E-state index contributed by atoms with van der Waals surface area (Å²) in [6.45, 7) is 2.16. The molecule has 128 valence electrons. The molecule has 0 amide bonds. The molecule has 0 aromatic carbocycles. The first kappa shape index (κ1) is 16.7. The lowest BCUT2D eigenvalue weighted by molar-refractivity contribution is 0.0192. The van der Waals surface area contributed by atoms with Crippen molar-refractivity contribution in [3.05, 3.63) is 0 Å². The van der Waals surface area contributed by atoms with Gasteiger partial charge in [-0.25, -0.2) is 13.6 Å². The molecule has 3 N–H and O–H groups in total. The highest BCUT2D eigenvalue weighted by atomic mass is 32.2. The van der Waals surface area contributed by atoms with Crippen molar-refractivity contribution in [1.29, 1.82) is 0 Å². The molecule has 1 saturated heterocycles. The zero-order valence-corrected chi connectivity index (χ0v) is 14.4. The largest absolute Gasteiger partial charge is 0.298 e. The molecule has 3 unspecified atom stereocenters. The van der Waals surface area contributed by atoms with E-state index in [1.54, 1.807) is 0 Å². The van der Waals surface area contributed by atoms with Crippen molar-refractivity contribution in [2.24, 2.45) is 22.9 Å². The Bertz CT molecular complexity index is 468. The van der Waals surface area contributed by atoms with Crippen LogP contribution in [-0.4, -0.2) is 25.8 Å². The van der Waals surface area contributed by atoms with Gasteiger partial charge in [-0.05, 0) is 57.3 Å². The Kier molecular flexibility index (Phi) is 5.12. The molecule has 1 aliphatic heterocycles. The van der Waals surface area contributed by atoms with E-state index >= 15 is 0 Å². The molecule has 3 aliphatic rings. The minimum absolute atomic E-state index is 0.225. The summed E-state index contributed by atoms with van der Waals surface area (Å²) in [4.78, 5) is 5.79. The number of primary sulfonamides is 1. The summed E-state index contributed by atoms with van der Waals surface area (Å²) in [5.41, 5.74) is 3.32. The Morgan fingerprint density at radius 1 is 0.955 bits per heavy atom. The lowest BCUT2D eigenvalue weighted by Gasteiger charge is -2.38. The zero-order chi connectivity index (χ0) is 15.7. The van der Waals surface area contributed by atoms with Crippen LogP contribution in [0.15, 0.2) is 0 Å². The van der Waals surface area contributed by atoms with Crippen molar-refractivity contribution in [3.8, 4) is 0 Å². The molecular weight excluding hydrogens is 300 g/mol. The molecule has 3 fully saturated rings. The fraction of sp³-hybridized carbons (Fsp3) is 1.00. The second kappa shape index (κ2) is 6.75. The summed E-state index contributed by atoms with van der Waals surface area (Å²) in [5.74, 6) is 1.80. The van der Waals surface area contributed by atoms with Gasteiger partial charge in [0.15, 0.2) is 0 Å². The highest BCUT2D eigenvalue weighted by Gasteiger charge is 2.45. The molecule has 6 heteroatoms. The van der Waals surface area contributed by atoms with E-state index < -0.39 is 10.0 Å². The van der Waals surface area contributed by atoms with Crippen LogP contribution >= 0.6 is 0 Å². The Balaban J connectivity index is 1.64. The monoisotopic (exact) mass is 330 g/mol. The first-order chi connectivity index (χ1) is 10.5. The Morgan fingerprint density at radius 3 is 2.18 bits per heavy atom. The molecule has 22 heavy (non-hydrogen) atoms. The van der Waals surface area contributed by atoms with Gasteiger partial charge in [-0.2, -0.15) is 5.48 Å². The lowest BCUT2D eigenvalue weighted by atomic mass is 9.69. The minimum atomic E-state index is -3.37. The number of nitrogens with one attached hydrogen (secondary N) is 1. The van der Waals surface area contributed by atoms with E-state index in [0.29, 0.717) is 30.7 Å². The topological polar surface area (TPSA) is 81.4 Å². The number of hydroxylamine groups is 1. The third-order valence-electron chi connectivity index (χ3n) is 6.23. The van der Waals surface area contributed by atoms with Crippen molar-refractivity contribution in [2.75, 3.05) is 0 Å². The SMILES string of the molecule is CC1ONC(C2CCCCC2)C1C1CCC(S(N)(=O)=O)CC1. The highest BCUT2D eigenvalue weighted by Crippen LogP contribution is 2.42. The van der Waals surface area contributed by atoms with Gasteiger partial charge >= 0.3 is 0 Å². The van der Waals surface area contributed by atoms with Gasteiger partial charge in [-0.15, -0.1) is 0 Å². The maximum absolute atomic E-state index is 11.5. The molecular formula is C16H30N2O3S. The third-order valence-corrected chi connectivity index (χ3v) is 7.63. The number of rotatable bonds is 3. The van der Waals surface area contributed by atoms with Gasteiger partial charge < -0.3 is 0 Å². The summed E-state index contributed by atoms with van der Waals surface area (Å²) in [6, 6.07) is 0.450. The van der Waals surface area contributed by atoms with Crippen molar-refractivity contribution in [3.63, 3.8) is 0 Å². The van der Waals surface area contributed by atoms with Gasteiger partial charge in [0.1, 0.15) is 0 Å². The fourth-order valence-corrected chi connectivity index (χ4v) is 5.95. The summed E-state index contributed by atoms with van der Waals surface area (Å²) < 4.78 is 23.1. The standard InChI is InChI=1S/C16H30N2O3S/c1-11-15(12-7-9-14(10-8-12)22(17,19)20)16(18-21-11)13-5-3-2-4-6-13/h11-16,18H,2-10H2,1H3,(H2,17,19,20). The maximum atomic E-state index is 11.5. The predicted octanol–water partition coefficient (Wildman–Crippen LogP) is 2.32. The lowest BCUT2D eigenvalue weighted by Crippen LogP contribution is -2.42. The van der Waals surface area contributed by atoms with E-state index in [0.717, 1.165) is 18.8 Å². The van der Waals surface area contributed by atoms with E-state index in [9.17, 15) is 8.42 Å². The van der Waals surface area contributed by atoms with Crippen LogP contribution in [0.4, 0.5) is 0 Å². The summed E-state index contributed by atoms with van der Waals surface area (Å²) in [7, 11) is -3.37. The van der Waals surface area contributed by atoms with Crippen LogP contribution in [0.5, 0.6) is 0 Å². The van der Waals surface area contributed by atoms with Gasteiger partial charge in [-0.1, -0.05) is 19.3 Å². The number of sulfonamides is 1. The number of hydrogen-bond acceptors (Lipinski definition) is 4. The van der Waals surface area contributed by atoms with Crippen molar-refractivity contribution in [2.45, 2.75) is 82.1 Å². The molecule has 0 bridgehead atoms. The van der Waals surface area contributed by atoms with Crippen LogP contribution in [0.3, 0.4) is 0 Å². The van der Waals surface area contributed by atoms with Gasteiger partial charge in [0.05, 0.1) is 11.4 Å². The molecule has 0 spiro atoms. The molecule has 0 aromatic heterocycles. The zero-order valence-electron chi connectivity index (χ0n) is 13.5. The summed E-state index contributed by atoms with van der Waals surface area (Å²) >= 11 is 0. The first-order valence-corrected chi connectivity index (χ1v) is 10.5. The molecule has 2 aliphatic carbocycles. The molecule has 2 saturated carbocycles. The van der Waals surface area contributed by atoms with Crippen LogP contribution in [-0.2, 0) is 14.9 Å². The number of hydrogen-bond donors (Lipinski definition) is 2. The van der Waals surface area contributed by atoms with Crippen molar-refractivity contribution >= 4 is 10.0 Å². The molecule has 1 heterocycles. The van der Waals surface area contributed by atoms with Crippen LogP contribution in [0.1, 0.15) is 64.7 Å². The summed E-state index contributed by atoms with van der Waals surface area (Å²) in [5, 5.41) is 4.98. The van der Waals surface area contributed by atoms with Crippen molar-refractivity contribution < 1.29 is 13.3 Å². The first-order valence-electron chi connectivity index (χ1n) is 8.89. The predicted molar refractivity (Wildman–Crippen MR) is 86.4 cm³/mol. The van der Waals surface area contributed by atoms with E-state index in [1.165, 1.54) is 32.1 Å². The van der Waals surface area contributed by atoms with Gasteiger partial charge in [0.2, 0.25) is 10.0 Å². The van der Waals surface area contributed by atoms with Gasteiger partial charge in [0, 0.05) is 12.0 Å². The van der Waals surface area contributed by atoms with Crippen LogP contribution in [0.2, 0.25) is 0 Å². The van der Waals surface area contributed by atoms with E-state index in [-0.39, 0.29) is 11.4 Å². The molecule has 0 radical (unpaired) electrons. The average molecular weight is 330 g/mol. The van der Waals surface area contributed by atoms with Gasteiger partial charge in [0.25, 0.3) is 0 Å². The Morgan fingerprint density at radius 2 is 1.59 bits per heavy atom. The van der Waals surface area contributed by atoms with Crippen LogP contribution < -0.4 is 10.6 Å². The van der Waals surface area contributed by atoms with Crippen LogP contribution in [0.25, 0.3) is 0 Å². The smallest absolute Gasteiger partial charge is 0.211 e. The normalized spacial score (nSPS) is 41.6. The third kappa shape index (κ3) is 3.50. The second-order valence-electron chi connectivity index (χ2n) is 7.57. The van der Waals surface area contributed by atoms with Crippen molar-refractivity contribution in [1.82, 2.24) is 5.48 Å². The maximum Gasteiger partial charge on any atom is 0.211 e. The quantitative estimate of drug-likeness (QED) is 0.832. The highest BCUT2D eigenvalue weighted by molar-refractivity contribution is 7.89. The molecule has 5 nitrogen and oxygen atoms in total. The van der Waals surface area contributed by atoms with E-state index in [1.807, 2.05) is 0 Å². The van der Waals surface area contributed by atoms with Crippen LogP contribution in [0, 0.1) is 17.8 Å². The fourth-order valence-electron chi connectivity index (χ4n) is 5.02. The summed E-state index contributed by atoms with van der Waals surface area (Å²) in [6.07, 6.45) is 10.2. The van der Waals surface area contributed by atoms with E-state index in [4.69, 9.17) is 9.98 Å². The minimum Gasteiger partial charge on any atom is -0.298 e. The second-order valence-corrected chi connectivity index (χ2v) is 9.41. The van der Waals surface area contributed by atoms with E-state index in [2.05, 4.69) is 12.4 Å². The molecule has 0 aromatic rings. The average Bonchev–Trinajstić information content (AvgIpc) is 2.89. The molecule has 3 atom stereocenters.